The van der Waals surface area contributed by atoms with E-state index in [1.165, 1.54) is 11.3 Å². The van der Waals surface area contributed by atoms with Gasteiger partial charge in [0, 0.05) is 5.39 Å². The van der Waals surface area contributed by atoms with Gasteiger partial charge in [-0.05, 0) is 24.3 Å². The summed E-state index contributed by atoms with van der Waals surface area (Å²) in [5.41, 5.74) is 0.935. The van der Waals surface area contributed by atoms with Crippen molar-refractivity contribution >= 4 is 28.5 Å². The minimum atomic E-state index is 0.652. The first kappa shape index (κ1) is 10.9. The zero-order valence-corrected chi connectivity index (χ0v) is 10.2. The van der Waals surface area contributed by atoms with Crippen LogP contribution in [0.5, 0.6) is 10.8 Å². The molecule has 0 aliphatic rings. The Morgan fingerprint density at radius 1 is 1.17 bits per heavy atom. The Morgan fingerprint density at radius 2 is 2.06 bits per heavy atom. The summed E-state index contributed by atoms with van der Waals surface area (Å²) in [6.45, 7) is 0. The second kappa shape index (κ2) is 4.58. The molecule has 4 heteroatoms. The van der Waals surface area contributed by atoms with E-state index < -0.39 is 0 Å². The first-order valence-electron chi connectivity index (χ1n) is 5.43. The maximum Gasteiger partial charge on any atom is 0.181 e. The van der Waals surface area contributed by atoms with Crippen LogP contribution >= 0.6 is 11.3 Å². The minimum absolute atomic E-state index is 0.652. The third kappa shape index (κ3) is 2.10. The summed E-state index contributed by atoms with van der Waals surface area (Å²) in [5.74, 6) is 0.674. The third-order valence-electron chi connectivity index (χ3n) is 2.50. The molecule has 0 aliphatic carbocycles. The number of carbonyl (C=O) groups excluding carboxylic acids is 1. The van der Waals surface area contributed by atoms with E-state index in [9.17, 15) is 4.79 Å². The number of hydrogen-bond donors (Lipinski definition) is 0. The van der Waals surface area contributed by atoms with Crippen molar-refractivity contribution < 1.29 is 9.53 Å². The van der Waals surface area contributed by atoms with Crippen molar-refractivity contribution in [3.8, 4) is 10.8 Å². The quantitative estimate of drug-likeness (QED) is 0.666. The van der Waals surface area contributed by atoms with Crippen LogP contribution in [-0.2, 0) is 0 Å². The fourth-order valence-corrected chi connectivity index (χ4v) is 2.37. The molecule has 0 radical (unpaired) electrons. The van der Waals surface area contributed by atoms with Gasteiger partial charge in [-0.1, -0.05) is 29.5 Å². The normalized spacial score (nSPS) is 10.4. The van der Waals surface area contributed by atoms with Crippen LogP contribution in [0.25, 0.3) is 10.9 Å². The summed E-state index contributed by atoms with van der Waals surface area (Å²) in [6.07, 6.45) is 2.50. The van der Waals surface area contributed by atoms with Crippen LogP contribution in [0.2, 0.25) is 0 Å². The molecule has 18 heavy (non-hydrogen) atoms. The molecular formula is C14H9NO2S. The Balaban J connectivity index is 1.92. The van der Waals surface area contributed by atoms with E-state index in [1.807, 2.05) is 30.3 Å². The molecule has 2 heterocycles. The average molecular weight is 255 g/mol. The van der Waals surface area contributed by atoms with E-state index in [1.54, 1.807) is 18.3 Å². The van der Waals surface area contributed by atoms with Gasteiger partial charge < -0.3 is 4.74 Å². The highest BCUT2D eigenvalue weighted by Crippen LogP contribution is 2.29. The highest BCUT2D eigenvalue weighted by molar-refractivity contribution is 7.15. The van der Waals surface area contributed by atoms with Crippen molar-refractivity contribution in [3.05, 3.63) is 53.5 Å². The number of ether oxygens (including phenoxy) is 1. The Morgan fingerprint density at radius 3 is 2.89 bits per heavy atom. The fourth-order valence-electron chi connectivity index (χ4n) is 1.68. The molecule has 0 amide bonds. The van der Waals surface area contributed by atoms with Gasteiger partial charge in [-0.25, -0.2) is 0 Å². The molecule has 3 rings (SSSR count). The van der Waals surface area contributed by atoms with Gasteiger partial charge in [0.25, 0.3) is 0 Å². The molecule has 0 saturated carbocycles. The van der Waals surface area contributed by atoms with Crippen LogP contribution in [0.4, 0.5) is 0 Å². The maximum atomic E-state index is 10.6. The summed E-state index contributed by atoms with van der Waals surface area (Å²) >= 11 is 1.32. The highest BCUT2D eigenvalue weighted by Gasteiger charge is 2.03. The largest absolute Gasteiger partial charge is 0.445 e. The smallest absolute Gasteiger partial charge is 0.181 e. The molecule has 0 bridgehead atoms. The van der Waals surface area contributed by atoms with Crippen LogP contribution in [0.15, 0.2) is 48.7 Å². The number of carbonyl (C=O) groups is 1. The lowest BCUT2D eigenvalue weighted by Crippen LogP contribution is -1.84. The Hall–Kier alpha value is -2.20. The lowest BCUT2D eigenvalue weighted by atomic mass is 10.2. The van der Waals surface area contributed by atoms with E-state index in [0.29, 0.717) is 15.7 Å². The molecule has 0 saturated heterocycles. The molecule has 1 aromatic carbocycles. The van der Waals surface area contributed by atoms with Crippen LogP contribution in [0.1, 0.15) is 9.67 Å². The van der Waals surface area contributed by atoms with Crippen LogP contribution in [0, 0.1) is 0 Å². The maximum absolute atomic E-state index is 10.6. The number of thiophene rings is 1. The predicted molar refractivity (Wildman–Crippen MR) is 71.5 cm³/mol. The lowest BCUT2D eigenvalue weighted by molar-refractivity contribution is 0.112. The second-order valence-electron chi connectivity index (χ2n) is 3.74. The average Bonchev–Trinajstić information content (AvgIpc) is 2.86. The van der Waals surface area contributed by atoms with Gasteiger partial charge in [-0.15, -0.1) is 0 Å². The Bertz CT molecular complexity index is 706. The van der Waals surface area contributed by atoms with Crippen molar-refractivity contribution in [3.63, 3.8) is 0 Å². The second-order valence-corrected chi connectivity index (χ2v) is 4.82. The number of aromatic nitrogens is 1. The Labute approximate surface area is 108 Å². The van der Waals surface area contributed by atoms with Crippen LogP contribution < -0.4 is 4.74 Å². The standard InChI is InChI=1S/C14H9NO2S/c16-9-12-5-6-14(18-12)17-11-7-10-3-1-2-4-13(10)15-8-11/h1-9H. The molecule has 0 spiro atoms. The first-order chi connectivity index (χ1) is 8.85. The molecule has 3 aromatic rings. The summed E-state index contributed by atoms with van der Waals surface area (Å²) in [7, 11) is 0. The van der Waals surface area contributed by atoms with Crippen molar-refractivity contribution in [1.82, 2.24) is 4.98 Å². The molecule has 3 nitrogen and oxygen atoms in total. The molecule has 2 aromatic heterocycles. The van der Waals surface area contributed by atoms with E-state index >= 15 is 0 Å². The van der Waals surface area contributed by atoms with Gasteiger partial charge in [-0.3, -0.25) is 9.78 Å². The number of nitrogens with zero attached hydrogens (tertiary/aromatic N) is 1. The van der Waals surface area contributed by atoms with Gasteiger partial charge in [-0.2, -0.15) is 0 Å². The number of para-hydroxylation sites is 1. The van der Waals surface area contributed by atoms with Gasteiger partial charge in [0.2, 0.25) is 0 Å². The van der Waals surface area contributed by atoms with Crippen molar-refractivity contribution in [2.45, 2.75) is 0 Å². The molecule has 0 aliphatic heterocycles. The van der Waals surface area contributed by atoms with Gasteiger partial charge in [0.05, 0.1) is 16.6 Å². The summed E-state index contributed by atoms with van der Waals surface area (Å²) in [6, 6.07) is 13.3. The van der Waals surface area contributed by atoms with Crippen molar-refractivity contribution in [2.75, 3.05) is 0 Å². The highest BCUT2D eigenvalue weighted by atomic mass is 32.1. The molecule has 0 fully saturated rings. The zero-order chi connectivity index (χ0) is 12.4. The SMILES string of the molecule is O=Cc1ccc(Oc2cnc3ccccc3c2)s1. The van der Waals surface area contributed by atoms with Gasteiger partial charge >= 0.3 is 0 Å². The van der Waals surface area contributed by atoms with E-state index in [0.717, 1.165) is 17.2 Å². The van der Waals surface area contributed by atoms with Crippen LogP contribution in [-0.4, -0.2) is 11.3 Å². The number of benzene rings is 1. The van der Waals surface area contributed by atoms with Crippen LogP contribution in [0.3, 0.4) is 0 Å². The molecule has 0 atom stereocenters. The van der Waals surface area contributed by atoms with Crippen molar-refractivity contribution in [2.24, 2.45) is 0 Å². The number of hydrogen-bond acceptors (Lipinski definition) is 4. The molecule has 0 unspecified atom stereocenters. The number of aldehydes is 1. The predicted octanol–water partition coefficient (Wildman–Crippen LogP) is 3.90. The topological polar surface area (TPSA) is 39.2 Å². The number of rotatable bonds is 3. The summed E-state index contributed by atoms with van der Waals surface area (Å²) in [4.78, 5) is 15.6. The molecular weight excluding hydrogens is 246 g/mol. The lowest BCUT2D eigenvalue weighted by Gasteiger charge is -2.03. The summed E-state index contributed by atoms with van der Waals surface area (Å²) in [5, 5.41) is 1.72. The zero-order valence-electron chi connectivity index (χ0n) is 9.37. The van der Waals surface area contributed by atoms with E-state index in [2.05, 4.69) is 4.98 Å². The third-order valence-corrected chi connectivity index (χ3v) is 3.39. The number of fused-ring (bicyclic) bond motifs is 1. The molecule has 88 valence electrons. The molecule has 0 N–H and O–H groups in total. The van der Waals surface area contributed by atoms with E-state index in [-0.39, 0.29) is 0 Å². The first-order valence-corrected chi connectivity index (χ1v) is 6.24. The van der Waals surface area contributed by atoms with E-state index in [4.69, 9.17) is 4.74 Å². The van der Waals surface area contributed by atoms with Gasteiger partial charge in [0.15, 0.2) is 11.3 Å². The summed E-state index contributed by atoms with van der Waals surface area (Å²) < 4.78 is 5.67. The van der Waals surface area contributed by atoms with Crippen molar-refractivity contribution in [1.29, 1.82) is 0 Å². The fraction of sp³-hybridized carbons (Fsp3) is 0. The Kier molecular flexibility index (Phi) is 2.78. The van der Waals surface area contributed by atoms with Gasteiger partial charge in [0.1, 0.15) is 5.75 Å². The minimum Gasteiger partial charge on any atom is -0.445 e. The number of pyridine rings is 1. The monoisotopic (exact) mass is 255 g/mol.